The van der Waals surface area contributed by atoms with Crippen LogP contribution >= 0.6 is 0 Å². The van der Waals surface area contributed by atoms with Crippen LogP contribution in [-0.2, 0) is 0 Å². The van der Waals surface area contributed by atoms with E-state index in [9.17, 15) is 14.9 Å². The molecule has 0 radical (unpaired) electrons. The van der Waals surface area contributed by atoms with Gasteiger partial charge in [0.25, 0.3) is 11.6 Å². The molecule has 30 heavy (non-hydrogen) atoms. The van der Waals surface area contributed by atoms with E-state index in [0.717, 1.165) is 36.1 Å². The van der Waals surface area contributed by atoms with Crippen LogP contribution in [0.15, 0.2) is 42.5 Å². The Labute approximate surface area is 177 Å². The number of hydrogen-bond acceptors (Lipinski definition) is 4. The smallest absolute Gasteiger partial charge is 0.269 e. The molecule has 1 amide bonds. The normalized spacial score (nSPS) is 22.6. The Balaban J connectivity index is 1.53. The summed E-state index contributed by atoms with van der Waals surface area (Å²) >= 11 is 0. The van der Waals surface area contributed by atoms with Crippen LogP contribution in [0.1, 0.15) is 60.5 Å². The van der Waals surface area contributed by atoms with Gasteiger partial charge in [-0.1, -0.05) is 38.0 Å². The maximum absolute atomic E-state index is 12.6. The predicted octanol–water partition coefficient (Wildman–Crippen LogP) is 5.04. The third-order valence-corrected chi connectivity index (χ3v) is 6.81. The van der Waals surface area contributed by atoms with E-state index in [4.69, 9.17) is 0 Å². The number of aryl methyl sites for hydroxylation is 1. The van der Waals surface area contributed by atoms with Crippen LogP contribution in [0.5, 0.6) is 0 Å². The largest absolute Gasteiger partial charge is 0.381 e. The van der Waals surface area contributed by atoms with Gasteiger partial charge in [-0.05, 0) is 55.4 Å². The highest BCUT2D eigenvalue weighted by molar-refractivity contribution is 5.94. The topological polar surface area (TPSA) is 84.3 Å². The van der Waals surface area contributed by atoms with Gasteiger partial charge in [0.15, 0.2) is 0 Å². The van der Waals surface area contributed by atoms with Gasteiger partial charge < -0.3 is 10.6 Å². The van der Waals surface area contributed by atoms with E-state index in [2.05, 4.69) is 24.5 Å². The molecule has 3 unspecified atom stereocenters. The molecular formula is C24H29N3O3. The molecule has 1 heterocycles. The van der Waals surface area contributed by atoms with Gasteiger partial charge in [0, 0.05) is 41.4 Å². The first-order valence-electron chi connectivity index (χ1n) is 10.7. The Morgan fingerprint density at radius 2 is 1.93 bits per heavy atom. The summed E-state index contributed by atoms with van der Waals surface area (Å²) in [6.07, 6.45) is 3.28. The van der Waals surface area contributed by atoms with Gasteiger partial charge in [-0.15, -0.1) is 0 Å². The summed E-state index contributed by atoms with van der Waals surface area (Å²) in [6.45, 7) is 6.94. The van der Waals surface area contributed by atoms with E-state index in [0.29, 0.717) is 23.9 Å². The van der Waals surface area contributed by atoms with E-state index in [-0.39, 0.29) is 28.0 Å². The monoisotopic (exact) mass is 407 g/mol. The molecule has 1 aliphatic heterocycles. The zero-order valence-corrected chi connectivity index (χ0v) is 17.8. The van der Waals surface area contributed by atoms with E-state index in [1.807, 2.05) is 37.3 Å². The van der Waals surface area contributed by atoms with Crippen LogP contribution in [0, 0.1) is 28.4 Å². The molecule has 3 atom stereocenters. The van der Waals surface area contributed by atoms with Gasteiger partial charge in [-0.3, -0.25) is 14.9 Å². The van der Waals surface area contributed by atoms with Crippen molar-refractivity contribution < 1.29 is 9.72 Å². The van der Waals surface area contributed by atoms with Crippen molar-refractivity contribution >= 4 is 17.3 Å². The van der Waals surface area contributed by atoms with Crippen LogP contribution < -0.4 is 10.6 Å². The van der Waals surface area contributed by atoms with E-state index in [1.54, 1.807) is 12.1 Å². The molecule has 1 saturated carbocycles. The zero-order valence-electron chi connectivity index (χ0n) is 17.8. The second-order valence-electron chi connectivity index (χ2n) is 9.39. The fourth-order valence-corrected chi connectivity index (χ4v) is 5.15. The number of anilines is 1. The number of amides is 1. The highest BCUT2D eigenvalue weighted by Gasteiger charge is 2.46. The van der Waals surface area contributed by atoms with Gasteiger partial charge in [0.05, 0.1) is 4.92 Å². The number of benzene rings is 2. The standard InChI is InChI=1S/C24H29N3O3/c1-15-7-9-16(10-8-15)23(28)25-14-24(2,3)22-19-6-4-5-18(19)20-13-17(27(29)30)11-12-21(20)26-22/h7-13,18-19,22,26H,4-6,14H2,1-3H3,(H,25,28). The summed E-state index contributed by atoms with van der Waals surface area (Å²) in [4.78, 5) is 23.5. The lowest BCUT2D eigenvalue weighted by molar-refractivity contribution is -0.384. The number of nitrogens with one attached hydrogen (secondary N) is 2. The Kier molecular flexibility index (Phi) is 5.26. The molecule has 2 aromatic carbocycles. The molecule has 2 N–H and O–H groups in total. The SMILES string of the molecule is Cc1ccc(C(=O)NCC(C)(C)C2Nc3ccc([N+](=O)[O-])cc3C3CCCC32)cc1. The lowest BCUT2D eigenvalue weighted by Gasteiger charge is -2.45. The number of nitro groups is 1. The molecule has 0 spiro atoms. The second-order valence-corrected chi connectivity index (χ2v) is 9.39. The minimum Gasteiger partial charge on any atom is -0.381 e. The number of nitrogens with zero attached hydrogens (tertiary/aromatic N) is 1. The van der Waals surface area contributed by atoms with Gasteiger partial charge >= 0.3 is 0 Å². The minimum atomic E-state index is -0.319. The molecule has 0 bridgehead atoms. The van der Waals surface area contributed by atoms with Crippen LogP contribution in [0.3, 0.4) is 0 Å². The molecule has 2 aromatic rings. The van der Waals surface area contributed by atoms with Crippen molar-refractivity contribution in [2.24, 2.45) is 11.3 Å². The molecular weight excluding hydrogens is 378 g/mol. The number of carbonyl (C=O) groups excluding carboxylic acids is 1. The van der Waals surface area contributed by atoms with Gasteiger partial charge in [0.2, 0.25) is 0 Å². The van der Waals surface area contributed by atoms with Crippen molar-refractivity contribution in [3.63, 3.8) is 0 Å². The molecule has 158 valence electrons. The number of non-ortho nitro benzene ring substituents is 1. The number of rotatable bonds is 5. The molecule has 2 aliphatic rings. The average Bonchev–Trinajstić information content (AvgIpc) is 3.21. The molecule has 0 aromatic heterocycles. The predicted molar refractivity (Wildman–Crippen MR) is 118 cm³/mol. The number of nitro benzene ring substituents is 1. The highest BCUT2D eigenvalue weighted by atomic mass is 16.6. The summed E-state index contributed by atoms with van der Waals surface area (Å²) < 4.78 is 0. The summed E-state index contributed by atoms with van der Waals surface area (Å²) in [7, 11) is 0. The van der Waals surface area contributed by atoms with Crippen LogP contribution in [0.2, 0.25) is 0 Å². The first-order chi connectivity index (χ1) is 14.3. The molecule has 1 aliphatic carbocycles. The summed E-state index contributed by atoms with van der Waals surface area (Å²) in [6, 6.07) is 13.0. The summed E-state index contributed by atoms with van der Waals surface area (Å²) in [5.74, 6) is 0.682. The quantitative estimate of drug-likeness (QED) is 0.537. The van der Waals surface area contributed by atoms with E-state index < -0.39 is 0 Å². The first-order valence-corrected chi connectivity index (χ1v) is 10.7. The Hall–Kier alpha value is -2.89. The molecule has 6 nitrogen and oxygen atoms in total. The van der Waals surface area contributed by atoms with Crippen molar-refractivity contribution in [3.8, 4) is 0 Å². The molecule has 1 fully saturated rings. The summed E-state index contributed by atoms with van der Waals surface area (Å²) in [5, 5.41) is 18.0. The van der Waals surface area contributed by atoms with Gasteiger partial charge in [0.1, 0.15) is 0 Å². The lowest BCUT2D eigenvalue weighted by atomic mass is 9.69. The summed E-state index contributed by atoms with van der Waals surface area (Å²) in [5.41, 5.74) is 3.85. The lowest BCUT2D eigenvalue weighted by Crippen LogP contribution is -2.51. The Bertz CT molecular complexity index is 968. The third-order valence-electron chi connectivity index (χ3n) is 6.81. The average molecular weight is 408 g/mol. The minimum absolute atomic E-state index is 0.0575. The van der Waals surface area contributed by atoms with Crippen molar-refractivity contribution in [2.75, 3.05) is 11.9 Å². The number of hydrogen-bond donors (Lipinski definition) is 2. The van der Waals surface area contributed by atoms with E-state index in [1.165, 1.54) is 0 Å². The van der Waals surface area contributed by atoms with Crippen LogP contribution in [0.25, 0.3) is 0 Å². The van der Waals surface area contributed by atoms with Crippen molar-refractivity contribution in [3.05, 3.63) is 69.3 Å². The fourth-order valence-electron chi connectivity index (χ4n) is 5.15. The Morgan fingerprint density at radius 1 is 1.20 bits per heavy atom. The fraction of sp³-hybridized carbons (Fsp3) is 0.458. The zero-order chi connectivity index (χ0) is 21.5. The number of carbonyl (C=O) groups is 1. The van der Waals surface area contributed by atoms with Crippen molar-refractivity contribution in [1.29, 1.82) is 0 Å². The first kappa shape index (κ1) is 20.4. The van der Waals surface area contributed by atoms with Crippen LogP contribution in [-0.4, -0.2) is 23.4 Å². The third kappa shape index (κ3) is 3.78. The van der Waals surface area contributed by atoms with Gasteiger partial charge in [-0.25, -0.2) is 0 Å². The highest BCUT2D eigenvalue weighted by Crippen LogP contribution is 2.52. The molecule has 6 heteroatoms. The maximum Gasteiger partial charge on any atom is 0.269 e. The second kappa shape index (κ2) is 7.74. The van der Waals surface area contributed by atoms with Crippen LogP contribution in [0.4, 0.5) is 11.4 Å². The Morgan fingerprint density at radius 3 is 2.63 bits per heavy atom. The molecule has 0 saturated heterocycles. The van der Waals surface area contributed by atoms with Crippen molar-refractivity contribution in [1.82, 2.24) is 5.32 Å². The maximum atomic E-state index is 12.6. The molecule has 4 rings (SSSR count). The van der Waals surface area contributed by atoms with Gasteiger partial charge in [-0.2, -0.15) is 0 Å². The van der Waals surface area contributed by atoms with Crippen molar-refractivity contribution in [2.45, 2.75) is 52.0 Å². The van der Waals surface area contributed by atoms with E-state index >= 15 is 0 Å². The number of fused-ring (bicyclic) bond motifs is 3.